The Morgan fingerprint density at radius 1 is 1.19 bits per heavy atom. The van der Waals surface area contributed by atoms with Crippen LogP contribution in [0.1, 0.15) is 24.5 Å². The second-order valence-electron chi connectivity index (χ2n) is 6.87. The molecule has 26 heavy (non-hydrogen) atoms. The van der Waals surface area contributed by atoms with Crippen molar-refractivity contribution in [2.75, 3.05) is 25.5 Å². The summed E-state index contributed by atoms with van der Waals surface area (Å²) in [5.41, 5.74) is 4.49. The minimum absolute atomic E-state index is 0.0282. The van der Waals surface area contributed by atoms with Gasteiger partial charge in [0.05, 0.1) is 25.9 Å². The third-order valence-corrected chi connectivity index (χ3v) is 5.09. The molecule has 0 saturated carbocycles. The quantitative estimate of drug-likeness (QED) is 0.870. The maximum atomic E-state index is 12.7. The van der Waals surface area contributed by atoms with Gasteiger partial charge in [0.1, 0.15) is 5.75 Å². The minimum atomic E-state index is -0.117. The normalized spacial score (nSPS) is 18.0. The highest BCUT2D eigenvalue weighted by Gasteiger charge is 2.27. The average molecular weight is 351 g/mol. The fourth-order valence-corrected chi connectivity index (χ4v) is 3.41. The smallest absolute Gasteiger partial charge is 0.282 e. The molecule has 2 aromatic rings. The molecule has 0 aromatic heterocycles. The Balaban J connectivity index is 1.65. The molecule has 4 nitrogen and oxygen atoms in total. The van der Waals surface area contributed by atoms with Crippen molar-refractivity contribution in [3.05, 3.63) is 65.7 Å². The third kappa shape index (κ3) is 4.14. The van der Waals surface area contributed by atoms with Crippen LogP contribution in [0.25, 0.3) is 5.57 Å². The van der Waals surface area contributed by atoms with Gasteiger partial charge in [0, 0.05) is 6.42 Å². The van der Waals surface area contributed by atoms with Crippen LogP contribution in [0.3, 0.4) is 0 Å². The van der Waals surface area contributed by atoms with Gasteiger partial charge in [-0.15, -0.1) is 0 Å². The molecule has 2 N–H and O–H groups in total. The lowest BCUT2D eigenvalue weighted by molar-refractivity contribution is -0.909. The van der Waals surface area contributed by atoms with E-state index in [0.29, 0.717) is 5.75 Å². The van der Waals surface area contributed by atoms with Crippen molar-refractivity contribution < 1.29 is 14.4 Å². The van der Waals surface area contributed by atoms with E-state index >= 15 is 0 Å². The molecule has 0 spiro atoms. The predicted octanol–water partition coefficient (Wildman–Crippen LogP) is 2.70. The zero-order valence-electron chi connectivity index (χ0n) is 15.7. The number of anilines is 1. The Morgan fingerprint density at radius 3 is 2.62 bits per heavy atom. The highest BCUT2D eigenvalue weighted by atomic mass is 16.5. The largest absolute Gasteiger partial charge is 0.495 e. The first kappa shape index (κ1) is 18.2. The minimum Gasteiger partial charge on any atom is -0.495 e. The van der Waals surface area contributed by atoms with Gasteiger partial charge in [-0.1, -0.05) is 36.4 Å². The lowest BCUT2D eigenvalue weighted by atomic mass is 9.99. The van der Waals surface area contributed by atoms with Gasteiger partial charge in [-0.05, 0) is 48.8 Å². The maximum Gasteiger partial charge on any atom is 0.282 e. The topological polar surface area (TPSA) is 42.8 Å². The summed E-state index contributed by atoms with van der Waals surface area (Å²) in [5, 5.41) is 3.04. The van der Waals surface area contributed by atoms with Crippen LogP contribution in [0.15, 0.2) is 54.6 Å². The number of nitrogens with one attached hydrogen (secondary N) is 2. The van der Waals surface area contributed by atoms with Crippen molar-refractivity contribution in [2.45, 2.75) is 26.3 Å². The van der Waals surface area contributed by atoms with E-state index in [4.69, 9.17) is 4.74 Å². The van der Waals surface area contributed by atoms with E-state index < -0.39 is 0 Å². The Hall–Kier alpha value is -2.59. The van der Waals surface area contributed by atoms with Crippen LogP contribution >= 0.6 is 0 Å². The number of benzene rings is 2. The molecular formula is C22H27N2O2+. The summed E-state index contributed by atoms with van der Waals surface area (Å²) in [6, 6.07) is 16.2. The van der Waals surface area contributed by atoms with E-state index in [1.807, 2.05) is 38.1 Å². The summed E-state index contributed by atoms with van der Waals surface area (Å²) >= 11 is 0. The number of carbonyl (C=O) groups is 1. The van der Waals surface area contributed by atoms with E-state index in [9.17, 15) is 4.79 Å². The lowest BCUT2D eigenvalue weighted by Crippen LogP contribution is -3.17. The number of amides is 1. The Labute approximate surface area is 155 Å². The summed E-state index contributed by atoms with van der Waals surface area (Å²) in [5.74, 6) is 0.719. The van der Waals surface area contributed by atoms with E-state index in [1.165, 1.54) is 16.0 Å². The van der Waals surface area contributed by atoms with Crippen LogP contribution in [0, 0.1) is 6.92 Å². The molecule has 1 aliphatic heterocycles. The first-order valence-corrected chi connectivity index (χ1v) is 9.13. The van der Waals surface area contributed by atoms with Gasteiger partial charge in [-0.2, -0.15) is 0 Å². The molecule has 2 atom stereocenters. The van der Waals surface area contributed by atoms with Crippen LogP contribution in [0.2, 0.25) is 0 Å². The molecular weight excluding hydrogens is 324 g/mol. The van der Waals surface area contributed by atoms with Crippen LogP contribution in [0.5, 0.6) is 5.75 Å². The maximum absolute atomic E-state index is 12.7. The molecule has 1 aliphatic rings. The number of hydrogen-bond acceptors (Lipinski definition) is 2. The van der Waals surface area contributed by atoms with Gasteiger partial charge in [0.15, 0.2) is 6.04 Å². The number of methoxy groups -OCH3 is 1. The van der Waals surface area contributed by atoms with Gasteiger partial charge >= 0.3 is 0 Å². The Bertz CT molecular complexity index is 799. The van der Waals surface area contributed by atoms with E-state index in [2.05, 4.69) is 35.7 Å². The van der Waals surface area contributed by atoms with E-state index in [-0.39, 0.29) is 11.9 Å². The van der Waals surface area contributed by atoms with Crippen LogP contribution in [-0.2, 0) is 4.79 Å². The zero-order valence-corrected chi connectivity index (χ0v) is 15.7. The van der Waals surface area contributed by atoms with Gasteiger partial charge in [0.25, 0.3) is 5.91 Å². The van der Waals surface area contributed by atoms with E-state index in [0.717, 1.165) is 30.8 Å². The number of hydrogen-bond donors (Lipinski definition) is 2. The molecule has 3 rings (SSSR count). The van der Waals surface area contributed by atoms with Crippen LogP contribution in [-0.4, -0.2) is 32.1 Å². The molecule has 2 aromatic carbocycles. The van der Waals surface area contributed by atoms with Gasteiger partial charge in [-0.25, -0.2) is 0 Å². The van der Waals surface area contributed by atoms with Gasteiger partial charge in [0.2, 0.25) is 0 Å². The first-order valence-electron chi connectivity index (χ1n) is 9.13. The van der Waals surface area contributed by atoms with Crippen molar-refractivity contribution in [3.63, 3.8) is 0 Å². The highest BCUT2D eigenvalue weighted by molar-refractivity contribution is 5.95. The molecule has 1 unspecified atom stereocenters. The number of carbonyl (C=O) groups excluding carboxylic acids is 1. The average Bonchev–Trinajstić information content (AvgIpc) is 2.68. The molecule has 0 fully saturated rings. The molecule has 4 heteroatoms. The fraction of sp³-hybridized carbons (Fsp3) is 0.318. The fourth-order valence-electron chi connectivity index (χ4n) is 3.41. The molecule has 0 radical (unpaired) electrons. The predicted molar refractivity (Wildman–Crippen MR) is 106 cm³/mol. The standard InChI is InChI=1S/C22H26N2O2/c1-16-9-10-21(26-3)20(15-16)23-22(25)17(2)24-13-11-19(12-14-24)18-7-5-4-6-8-18/h4-11,15,17H,12-14H2,1-3H3,(H,23,25)/p+1/t17-/m1/s1. The highest BCUT2D eigenvalue weighted by Crippen LogP contribution is 2.25. The first-order chi connectivity index (χ1) is 12.6. The molecule has 136 valence electrons. The summed E-state index contributed by atoms with van der Waals surface area (Å²) in [6.45, 7) is 5.82. The van der Waals surface area contributed by atoms with Crippen LogP contribution in [0.4, 0.5) is 5.69 Å². The van der Waals surface area contributed by atoms with Crippen LogP contribution < -0.4 is 15.0 Å². The number of rotatable bonds is 5. The summed E-state index contributed by atoms with van der Waals surface area (Å²) in [6.07, 6.45) is 3.26. The SMILES string of the molecule is COc1ccc(C)cc1NC(=O)[C@@H](C)[NH+]1CC=C(c2ccccc2)CC1. The Kier molecular flexibility index (Phi) is 5.74. The second kappa shape index (κ2) is 8.19. The second-order valence-corrected chi connectivity index (χ2v) is 6.87. The van der Waals surface area contributed by atoms with Crippen molar-refractivity contribution in [1.82, 2.24) is 0 Å². The van der Waals surface area contributed by atoms with Crippen molar-refractivity contribution in [1.29, 1.82) is 0 Å². The van der Waals surface area contributed by atoms with Crippen molar-refractivity contribution in [3.8, 4) is 5.75 Å². The Morgan fingerprint density at radius 2 is 1.96 bits per heavy atom. The molecule has 1 heterocycles. The van der Waals surface area contributed by atoms with Gasteiger partial charge in [-0.3, -0.25) is 4.79 Å². The molecule has 0 bridgehead atoms. The molecule has 0 saturated heterocycles. The number of quaternary nitrogens is 1. The van der Waals surface area contributed by atoms with E-state index in [1.54, 1.807) is 7.11 Å². The van der Waals surface area contributed by atoms with Crippen molar-refractivity contribution in [2.24, 2.45) is 0 Å². The lowest BCUT2D eigenvalue weighted by Gasteiger charge is -2.28. The van der Waals surface area contributed by atoms with Crippen molar-refractivity contribution >= 4 is 17.2 Å². The summed E-state index contributed by atoms with van der Waals surface area (Å²) in [4.78, 5) is 14.0. The zero-order chi connectivity index (χ0) is 18.5. The summed E-state index contributed by atoms with van der Waals surface area (Å²) < 4.78 is 5.36. The monoisotopic (exact) mass is 351 g/mol. The molecule has 0 aliphatic carbocycles. The number of ether oxygens (including phenoxy) is 1. The third-order valence-electron chi connectivity index (χ3n) is 5.09. The summed E-state index contributed by atoms with van der Waals surface area (Å²) in [7, 11) is 1.62. The number of aryl methyl sites for hydroxylation is 1. The van der Waals surface area contributed by atoms with Gasteiger partial charge < -0.3 is 15.0 Å². The molecule has 1 amide bonds.